The van der Waals surface area contributed by atoms with Crippen molar-refractivity contribution in [1.82, 2.24) is 19.9 Å². The van der Waals surface area contributed by atoms with Crippen molar-refractivity contribution in [2.75, 3.05) is 0 Å². The van der Waals surface area contributed by atoms with E-state index in [1.54, 1.807) is 0 Å². The number of hydrogen-bond acceptors (Lipinski definition) is 3. The fourth-order valence-electron chi connectivity index (χ4n) is 3.51. The Morgan fingerprint density at radius 1 is 1.17 bits per heavy atom. The van der Waals surface area contributed by atoms with Crippen LogP contribution in [0.15, 0.2) is 42.7 Å². The minimum absolute atomic E-state index is 0.0168. The summed E-state index contributed by atoms with van der Waals surface area (Å²) in [4.78, 5) is 26.1. The zero-order chi connectivity index (χ0) is 21.0. The molecule has 5 nitrogen and oxygen atoms in total. The molecule has 3 aromatic heterocycles. The van der Waals surface area contributed by atoms with Gasteiger partial charge in [-0.3, -0.25) is 9.78 Å². The molecule has 4 aromatic rings. The topological polar surface area (TPSA) is 74.4 Å². The first kappa shape index (κ1) is 18.5. The lowest BCUT2D eigenvalue weighted by Gasteiger charge is -2.09. The number of aromatic amines is 2. The molecule has 2 N–H and O–H groups in total. The molecular formula is C21H14F4N4O. The van der Waals surface area contributed by atoms with E-state index in [1.807, 2.05) is 6.07 Å². The number of pyridine rings is 1. The van der Waals surface area contributed by atoms with Gasteiger partial charge in [-0.1, -0.05) is 0 Å². The van der Waals surface area contributed by atoms with Crippen LogP contribution in [0.2, 0.25) is 0 Å². The Bertz CT molecular complexity index is 1280. The highest BCUT2D eigenvalue weighted by molar-refractivity contribution is 6.10. The van der Waals surface area contributed by atoms with Gasteiger partial charge in [0, 0.05) is 18.0 Å². The Balaban J connectivity index is 1.50. The maximum atomic E-state index is 14.4. The van der Waals surface area contributed by atoms with Crippen molar-refractivity contribution in [3.8, 4) is 11.5 Å². The van der Waals surface area contributed by atoms with Gasteiger partial charge in [0.2, 0.25) is 0 Å². The Morgan fingerprint density at radius 2 is 1.97 bits per heavy atom. The van der Waals surface area contributed by atoms with Crippen molar-refractivity contribution >= 4 is 16.8 Å². The van der Waals surface area contributed by atoms with Gasteiger partial charge in [-0.25, -0.2) is 9.37 Å². The molecule has 5 rings (SSSR count). The summed E-state index contributed by atoms with van der Waals surface area (Å²) in [7, 11) is 0. The summed E-state index contributed by atoms with van der Waals surface area (Å²) in [6.07, 6.45) is -0.406. The molecule has 0 radical (unpaired) electrons. The van der Waals surface area contributed by atoms with Gasteiger partial charge in [0.25, 0.3) is 0 Å². The van der Waals surface area contributed by atoms with Crippen molar-refractivity contribution in [3.05, 3.63) is 70.9 Å². The molecule has 0 saturated heterocycles. The largest absolute Gasteiger partial charge is 0.434 e. The number of alkyl halides is 3. The fourth-order valence-corrected chi connectivity index (χ4v) is 3.51. The number of halogens is 4. The Labute approximate surface area is 167 Å². The number of nitrogens with zero attached hydrogens (tertiary/aromatic N) is 2. The molecule has 0 bridgehead atoms. The lowest BCUT2D eigenvalue weighted by atomic mass is 10.0. The lowest BCUT2D eigenvalue weighted by molar-refractivity contribution is -0.141. The minimum atomic E-state index is -4.75. The van der Waals surface area contributed by atoms with E-state index in [9.17, 15) is 22.4 Å². The average Bonchev–Trinajstić information content (AvgIpc) is 3.28. The van der Waals surface area contributed by atoms with Crippen LogP contribution in [0.5, 0.6) is 0 Å². The van der Waals surface area contributed by atoms with Crippen LogP contribution >= 0.6 is 0 Å². The number of fused-ring (bicyclic) bond motifs is 1. The Hall–Kier alpha value is -3.49. The van der Waals surface area contributed by atoms with E-state index >= 15 is 0 Å². The van der Waals surface area contributed by atoms with Gasteiger partial charge >= 0.3 is 6.18 Å². The van der Waals surface area contributed by atoms with Crippen molar-refractivity contribution in [2.45, 2.75) is 24.9 Å². The van der Waals surface area contributed by atoms with Crippen LogP contribution in [-0.2, 0) is 6.18 Å². The number of hydrogen-bond donors (Lipinski definition) is 2. The summed E-state index contributed by atoms with van der Waals surface area (Å²) in [5.74, 6) is -0.605. The summed E-state index contributed by atoms with van der Waals surface area (Å²) in [6.45, 7) is 0. The van der Waals surface area contributed by atoms with Crippen molar-refractivity contribution in [2.24, 2.45) is 0 Å². The summed E-state index contributed by atoms with van der Waals surface area (Å²) in [6, 6.07) is 7.07. The van der Waals surface area contributed by atoms with Crippen molar-refractivity contribution in [3.63, 3.8) is 0 Å². The number of rotatable bonds is 4. The van der Waals surface area contributed by atoms with E-state index in [2.05, 4.69) is 19.9 Å². The fraction of sp³-hybridized carbons (Fsp3) is 0.190. The van der Waals surface area contributed by atoms with Gasteiger partial charge in [0.1, 0.15) is 5.52 Å². The van der Waals surface area contributed by atoms with E-state index in [4.69, 9.17) is 0 Å². The summed E-state index contributed by atoms with van der Waals surface area (Å²) < 4.78 is 53.9. The van der Waals surface area contributed by atoms with Crippen LogP contribution in [0.25, 0.3) is 22.6 Å². The molecule has 1 saturated carbocycles. The third-order valence-corrected chi connectivity index (χ3v) is 5.13. The summed E-state index contributed by atoms with van der Waals surface area (Å²) >= 11 is 0. The second kappa shape index (κ2) is 6.51. The molecule has 1 aromatic carbocycles. The number of H-pyrrole nitrogens is 2. The number of imidazole rings is 1. The molecule has 3 heterocycles. The highest BCUT2D eigenvalue weighted by atomic mass is 19.4. The van der Waals surface area contributed by atoms with E-state index in [0.717, 1.165) is 30.7 Å². The smallest absolute Gasteiger partial charge is 0.358 e. The standard InChI is InChI=1S/C21H14F4N4O/c22-14-6-11(10-3-4-10)7-15-17(14)29-20(28-15)16-8-12(9-27-16)18(30)13-2-1-5-26-19(13)21(23,24)25/h1-2,5-10,27H,3-4H2,(H,28,29). The Kier molecular flexibility index (Phi) is 4.02. The monoisotopic (exact) mass is 414 g/mol. The predicted molar refractivity (Wildman–Crippen MR) is 100 cm³/mol. The highest BCUT2D eigenvalue weighted by Crippen LogP contribution is 2.41. The maximum Gasteiger partial charge on any atom is 0.434 e. The number of benzene rings is 1. The van der Waals surface area contributed by atoms with Crippen molar-refractivity contribution in [1.29, 1.82) is 0 Å². The zero-order valence-corrected chi connectivity index (χ0v) is 15.3. The molecular weight excluding hydrogens is 400 g/mol. The van der Waals surface area contributed by atoms with E-state index < -0.39 is 29.0 Å². The molecule has 0 unspecified atom stereocenters. The molecule has 1 aliphatic rings. The molecule has 0 atom stereocenters. The quantitative estimate of drug-likeness (QED) is 0.355. The number of aromatic nitrogens is 4. The highest BCUT2D eigenvalue weighted by Gasteiger charge is 2.37. The maximum absolute atomic E-state index is 14.4. The van der Waals surface area contributed by atoms with Gasteiger partial charge in [0.05, 0.1) is 16.8 Å². The molecule has 30 heavy (non-hydrogen) atoms. The molecule has 9 heteroatoms. The summed E-state index contributed by atoms with van der Waals surface area (Å²) in [5.41, 5.74) is 0.206. The van der Waals surface area contributed by atoms with Crippen LogP contribution < -0.4 is 0 Å². The SMILES string of the molecule is O=C(c1c[nH]c(-c2nc3c(F)cc(C4CC4)cc3[nH]2)c1)c1cccnc1C(F)(F)F. The molecule has 0 aliphatic heterocycles. The van der Waals surface area contributed by atoms with Gasteiger partial charge in [-0.15, -0.1) is 0 Å². The van der Waals surface area contributed by atoms with Gasteiger partial charge < -0.3 is 9.97 Å². The molecule has 1 fully saturated rings. The average molecular weight is 414 g/mol. The van der Waals surface area contributed by atoms with Gasteiger partial charge in [-0.05, 0) is 54.7 Å². The van der Waals surface area contributed by atoms with Crippen LogP contribution in [0.4, 0.5) is 17.6 Å². The van der Waals surface area contributed by atoms with E-state index in [-0.39, 0.29) is 16.9 Å². The van der Waals surface area contributed by atoms with Crippen LogP contribution in [0, 0.1) is 5.82 Å². The van der Waals surface area contributed by atoms with Crippen molar-refractivity contribution < 1.29 is 22.4 Å². The lowest BCUT2D eigenvalue weighted by Crippen LogP contribution is -2.15. The molecule has 152 valence electrons. The normalized spacial score (nSPS) is 14.4. The van der Waals surface area contributed by atoms with Crippen LogP contribution in [0.1, 0.15) is 45.9 Å². The first-order valence-electron chi connectivity index (χ1n) is 9.26. The minimum Gasteiger partial charge on any atom is -0.358 e. The third kappa shape index (κ3) is 3.16. The summed E-state index contributed by atoms with van der Waals surface area (Å²) in [5, 5.41) is 0. The number of nitrogens with one attached hydrogen (secondary N) is 2. The number of ketones is 1. The zero-order valence-electron chi connectivity index (χ0n) is 15.3. The van der Waals surface area contributed by atoms with Crippen LogP contribution in [-0.4, -0.2) is 25.7 Å². The van der Waals surface area contributed by atoms with Gasteiger partial charge in [-0.2, -0.15) is 13.2 Å². The van der Waals surface area contributed by atoms with E-state index in [0.29, 0.717) is 17.1 Å². The number of carbonyl (C=O) groups is 1. The molecule has 1 aliphatic carbocycles. The van der Waals surface area contributed by atoms with E-state index in [1.165, 1.54) is 24.4 Å². The second-order valence-corrected chi connectivity index (χ2v) is 7.29. The molecule has 0 amide bonds. The second-order valence-electron chi connectivity index (χ2n) is 7.29. The first-order chi connectivity index (χ1) is 14.3. The number of carbonyl (C=O) groups excluding carboxylic acids is 1. The molecule has 0 spiro atoms. The third-order valence-electron chi connectivity index (χ3n) is 5.13. The predicted octanol–water partition coefficient (Wildman–Crippen LogP) is 5.22. The first-order valence-corrected chi connectivity index (χ1v) is 9.26. The Morgan fingerprint density at radius 3 is 2.70 bits per heavy atom. The van der Waals surface area contributed by atoms with Gasteiger partial charge in [0.15, 0.2) is 23.1 Å². The van der Waals surface area contributed by atoms with Crippen LogP contribution in [0.3, 0.4) is 0 Å².